The molecule has 238 valence electrons. The second-order valence-corrected chi connectivity index (χ2v) is 12.3. The van der Waals surface area contributed by atoms with Crippen LogP contribution >= 0.6 is 11.9 Å². The summed E-state index contributed by atoms with van der Waals surface area (Å²) in [7, 11) is 3.20. The molecule has 0 aliphatic heterocycles. The fourth-order valence-electron chi connectivity index (χ4n) is 5.06. The van der Waals surface area contributed by atoms with Crippen LogP contribution in [0.15, 0.2) is 120 Å². The maximum absolute atomic E-state index is 13.7. The van der Waals surface area contributed by atoms with Crippen LogP contribution in [0.2, 0.25) is 0 Å². The van der Waals surface area contributed by atoms with Gasteiger partial charge in [-0.05, 0) is 90.1 Å². The highest BCUT2D eigenvalue weighted by Crippen LogP contribution is 2.29. The van der Waals surface area contributed by atoms with Crippen molar-refractivity contribution in [3.8, 4) is 28.0 Å². The number of aromatic carboxylic acids is 1. The van der Waals surface area contributed by atoms with E-state index in [1.807, 2.05) is 103 Å². The van der Waals surface area contributed by atoms with Crippen molar-refractivity contribution in [2.75, 3.05) is 25.6 Å². The van der Waals surface area contributed by atoms with Crippen LogP contribution in [-0.4, -0.2) is 53.1 Å². The number of carboxylic acid groups (broad SMARTS) is 1. The van der Waals surface area contributed by atoms with E-state index in [-0.39, 0.29) is 30.5 Å². The number of methoxy groups -OCH3 is 1. The number of phenols is 1. The molecule has 5 aromatic carbocycles. The Kier molecular flexibility index (Phi) is 10.4. The van der Waals surface area contributed by atoms with Gasteiger partial charge in [0.1, 0.15) is 11.3 Å². The van der Waals surface area contributed by atoms with Gasteiger partial charge < -0.3 is 19.8 Å². The molecule has 5 aromatic rings. The van der Waals surface area contributed by atoms with Crippen molar-refractivity contribution in [3.05, 3.63) is 138 Å². The molecule has 0 fully saturated rings. The average molecular weight is 647 g/mol. The van der Waals surface area contributed by atoms with Crippen LogP contribution in [0.1, 0.15) is 31.8 Å². The van der Waals surface area contributed by atoms with E-state index in [9.17, 15) is 24.6 Å². The molecule has 1 amide bonds. The molecule has 0 spiro atoms. The summed E-state index contributed by atoms with van der Waals surface area (Å²) in [6.07, 6.45) is 0. The first-order valence-corrected chi connectivity index (χ1v) is 15.6. The first-order valence-electron chi connectivity index (χ1n) is 14.8. The van der Waals surface area contributed by atoms with Crippen molar-refractivity contribution in [3.63, 3.8) is 0 Å². The van der Waals surface area contributed by atoms with Crippen molar-refractivity contribution in [2.45, 2.75) is 18.4 Å². The van der Waals surface area contributed by atoms with E-state index in [1.54, 1.807) is 17.0 Å². The largest absolute Gasteiger partial charge is 0.507 e. The molecule has 5 rings (SSSR count). The summed E-state index contributed by atoms with van der Waals surface area (Å²) in [6.45, 7) is 2.30. The van der Waals surface area contributed by atoms with E-state index in [0.717, 1.165) is 38.3 Å². The van der Waals surface area contributed by atoms with Gasteiger partial charge in [-0.25, -0.2) is 13.9 Å². The summed E-state index contributed by atoms with van der Waals surface area (Å²) in [6, 6.07) is 35.3. The third-order valence-electron chi connectivity index (χ3n) is 7.59. The van der Waals surface area contributed by atoms with Gasteiger partial charge >= 0.3 is 11.9 Å². The number of carbonyl (C=O) groups excluding carboxylic acids is 2. The topological polar surface area (TPSA) is 107 Å². The number of carbonyl (C=O) groups is 3. The molecule has 9 heteroatoms. The first kappa shape index (κ1) is 33.0. The zero-order valence-electron chi connectivity index (χ0n) is 26.2. The molecule has 0 heterocycles. The molecule has 0 aliphatic carbocycles. The minimum Gasteiger partial charge on any atom is -0.507 e. The van der Waals surface area contributed by atoms with Crippen molar-refractivity contribution in [1.29, 1.82) is 0 Å². The zero-order chi connectivity index (χ0) is 33.5. The number of ether oxygens (including phenoxy) is 1. The Morgan fingerprint density at radius 2 is 1.38 bits per heavy atom. The third kappa shape index (κ3) is 8.26. The quantitative estimate of drug-likeness (QED) is 0.111. The lowest BCUT2D eigenvalue weighted by Crippen LogP contribution is -2.36. The second-order valence-electron chi connectivity index (χ2n) is 11.0. The first-order chi connectivity index (χ1) is 22.6. The van der Waals surface area contributed by atoms with Gasteiger partial charge in [0, 0.05) is 16.6 Å². The fourth-order valence-corrected chi connectivity index (χ4v) is 5.86. The Morgan fingerprint density at radius 3 is 1.98 bits per heavy atom. The number of likely N-dealkylation sites (N-methyl/N-ethyl adjacent to an activating group) is 1. The number of esters is 1. The van der Waals surface area contributed by atoms with Crippen molar-refractivity contribution in [1.82, 2.24) is 4.31 Å². The van der Waals surface area contributed by atoms with Crippen LogP contribution in [0.25, 0.3) is 22.3 Å². The van der Waals surface area contributed by atoms with Crippen molar-refractivity contribution < 1.29 is 29.3 Å². The summed E-state index contributed by atoms with van der Waals surface area (Å²) in [4.78, 5) is 39.7. The van der Waals surface area contributed by atoms with Crippen LogP contribution in [0.3, 0.4) is 0 Å². The number of nitrogens with zero attached hydrogens (tertiary/aromatic N) is 2. The molecule has 0 atom stereocenters. The van der Waals surface area contributed by atoms with Gasteiger partial charge in [-0.15, -0.1) is 0 Å². The van der Waals surface area contributed by atoms with Gasteiger partial charge in [-0.2, -0.15) is 0 Å². The highest BCUT2D eigenvalue weighted by atomic mass is 32.2. The third-order valence-corrected chi connectivity index (χ3v) is 8.52. The molecular weight excluding hydrogens is 612 g/mol. The normalized spacial score (nSPS) is 10.9. The molecule has 0 unspecified atom stereocenters. The predicted molar refractivity (Wildman–Crippen MR) is 185 cm³/mol. The second kappa shape index (κ2) is 14.8. The van der Waals surface area contributed by atoms with Crippen LogP contribution < -0.4 is 4.90 Å². The monoisotopic (exact) mass is 646 g/mol. The van der Waals surface area contributed by atoms with Crippen LogP contribution in [0, 0.1) is 6.92 Å². The molecule has 0 bridgehead atoms. The minimum atomic E-state index is -1.25. The van der Waals surface area contributed by atoms with E-state index in [2.05, 4.69) is 0 Å². The van der Waals surface area contributed by atoms with E-state index in [1.165, 1.54) is 37.3 Å². The minimum absolute atomic E-state index is 0.0763. The Balaban J connectivity index is 1.34. The maximum atomic E-state index is 13.7. The van der Waals surface area contributed by atoms with Gasteiger partial charge in [-0.3, -0.25) is 4.79 Å². The highest BCUT2D eigenvalue weighted by molar-refractivity contribution is 7.97. The molecule has 0 radical (unpaired) electrons. The van der Waals surface area contributed by atoms with E-state index < -0.39 is 11.7 Å². The number of benzene rings is 5. The number of rotatable bonds is 11. The molecule has 8 nitrogen and oxygen atoms in total. The van der Waals surface area contributed by atoms with Crippen molar-refractivity contribution in [2.24, 2.45) is 0 Å². The number of anilines is 1. The molecule has 47 heavy (non-hydrogen) atoms. The Bertz CT molecular complexity index is 1890. The smallest absolute Gasteiger partial charge is 0.339 e. The standard InChI is InChI=1S/C38H34N2O6S/c1-25-7-18-33(19-8-25)47-39(2)24-36(42)40(32-17-20-34(37(43)44)35(41)22-32)23-26-9-11-27(12-10-26)28-13-15-29(16-14-28)30-5-4-6-31(21-30)38(45)46-3/h4-22,41H,23-24H2,1-3H3,(H,43,44). The summed E-state index contributed by atoms with van der Waals surface area (Å²) in [5.41, 5.74) is 6.51. The maximum Gasteiger partial charge on any atom is 0.339 e. The zero-order valence-corrected chi connectivity index (χ0v) is 27.0. The van der Waals surface area contributed by atoms with E-state index in [0.29, 0.717) is 11.3 Å². The molecule has 0 saturated carbocycles. The van der Waals surface area contributed by atoms with E-state index >= 15 is 0 Å². The lowest BCUT2D eigenvalue weighted by atomic mass is 9.98. The Labute approximate surface area is 278 Å². The Morgan fingerprint density at radius 1 is 0.766 bits per heavy atom. The number of hydrogen-bond acceptors (Lipinski definition) is 7. The number of carboxylic acids is 1. The molecule has 0 aliphatic rings. The summed E-state index contributed by atoms with van der Waals surface area (Å²) in [5, 5.41) is 19.8. The number of aromatic hydroxyl groups is 1. The van der Waals surface area contributed by atoms with Gasteiger partial charge in [0.25, 0.3) is 0 Å². The summed E-state index contributed by atoms with van der Waals surface area (Å²) < 4.78 is 6.68. The number of hydrogen-bond donors (Lipinski definition) is 2. The molecule has 2 N–H and O–H groups in total. The molecule has 0 saturated heterocycles. The number of amides is 1. The van der Waals surface area contributed by atoms with Gasteiger partial charge in [0.05, 0.1) is 25.8 Å². The summed E-state index contributed by atoms with van der Waals surface area (Å²) in [5.74, 6) is -2.26. The lowest BCUT2D eigenvalue weighted by molar-refractivity contribution is -0.118. The molecule has 0 aromatic heterocycles. The number of aryl methyl sites for hydroxylation is 1. The van der Waals surface area contributed by atoms with Gasteiger partial charge in [-0.1, -0.05) is 78.4 Å². The van der Waals surface area contributed by atoms with Crippen LogP contribution in [0.5, 0.6) is 5.75 Å². The summed E-state index contributed by atoms with van der Waals surface area (Å²) >= 11 is 1.45. The predicted octanol–water partition coefficient (Wildman–Crippen LogP) is 7.69. The van der Waals surface area contributed by atoms with Gasteiger partial charge in [0.15, 0.2) is 0 Å². The van der Waals surface area contributed by atoms with Gasteiger partial charge in [0.2, 0.25) is 5.91 Å². The molecular formula is C38H34N2O6S. The lowest BCUT2D eigenvalue weighted by Gasteiger charge is -2.26. The Hall–Kier alpha value is -5.38. The fraction of sp³-hybridized carbons (Fsp3) is 0.132. The van der Waals surface area contributed by atoms with Crippen LogP contribution in [0.4, 0.5) is 5.69 Å². The SMILES string of the molecule is COC(=O)c1cccc(-c2ccc(-c3ccc(CN(C(=O)CN(C)Sc4ccc(C)cc4)c4ccc(C(=O)O)c(O)c4)cc3)cc2)c1. The van der Waals surface area contributed by atoms with E-state index in [4.69, 9.17) is 4.74 Å². The van der Waals surface area contributed by atoms with Crippen molar-refractivity contribution >= 4 is 35.5 Å². The highest BCUT2D eigenvalue weighted by Gasteiger charge is 2.21. The van der Waals surface area contributed by atoms with Crippen LogP contribution in [-0.2, 0) is 16.1 Å². The average Bonchev–Trinajstić information content (AvgIpc) is 3.08.